The molecule has 0 saturated carbocycles. The first-order valence-corrected chi connectivity index (χ1v) is 8.76. The molecule has 4 rings (SSSR count). The molecule has 0 spiro atoms. The monoisotopic (exact) mass is 377 g/mol. The Kier molecular flexibility index (Phi) is 4.61. The van der Waals surface area contributed by atoms with E-state index in [1.807, 2.05) is 29.9 Å². The summed E-state index contributed by atoms with van der Waals surface area (Å²) in [5.74, 6) is -1.12. The van der Waals surface area contributed by atoms with Crippen LogP contribution in [0.25, 0.3) is 22.3 Å². The molecule has 4 aromatic rings. The van der Waals surface area contributed by atoms with Crippen LogP contribution in [-0.4, -0.2) is 15.5 Å². The maximum Gasteiger partial charge on any atom is 0.252 e. The Morgan fingerprint density at radius 1 is 1.04 bits per heavy atom. The van der Waals surface area contributed by atoms with Gasteiger partial charge in [-0.05, 0) is 54.1 Å². The van der Waals surface area contributed by atoms with Crippen molar-refractivity contribution in [1.82, 2.24) is 14.9 Å². The molecule has 140 valence electrons. The Balaban J connectivity index is 1.73. The van der Waals surface area contributed by atoms with Gasteiger partial charge < -0.3 is 9.88 Å². The molecule has 6 heteroatoms. The molecule has 0 fully saturated rings. The van der Waals surface area contributed by atoms with Crippen molar-refractivity contribution in [1.29, 1.82) is 0 Å². The minimum absolute atomic E-state index is 0.234. The number of amides is 1. The molecule has 2 heterocycles. The van der Waals surface area contributed by atoms with Gasteiger partial charge in [0, 0.05) is 25.2 Å². The fraction of sp³-hybridized carbons (Fsp3) is 0.0909. The lowest BCUT2D eigenvalue weighted by molar-refractivity contribution is 0.0952. The molecular weight excluding hydrogens is 360 g/mol. The number of benzene rings is 2. The molecule has 2 aromatic carbocycles. The van der Waals surface area contributed by atoms with Crippen LogP contribution in [0.1, 0.15) is 15.9 Å². The average Bonchev–Trinajstić information content (AvgIpc) is 3.12. The van der Waals surface area contributed by atoms with Crippen molar-refractivity contribution < 1.29 is 13.6 Å². The van der Waals surface area contributed by atoms with Crippen molar-refractivity contribution in [2.45, 2.75) is 6.54 Å². The zero-order valence-corrected chi connectivity index (χ0v) is 15.1. The molecule has 4 nitrogen and oxygen atoms in total. The number of rotatable bonds is 4. The van der Waals surface area contributed by atoms with Crippen LogP contribution >= 0.6 is 0 Å². The number of hydrogen-bond acceptors (Lipinski definition) is 2. The maximum atomic E-state index is 13.8. The Morgan fingerprint density at radius 3 is 2.50 bits per heavy atom. The van der Waals surface area contributed by atoms with Crippen LogP contribution in [0.5, 0.6) is 0 Å². The Hall–Kier alpha value is -3.54. The molecule has 28 heavy (non-hydrogen) atoms. The molecule has 0 unspecified atom stereocenters. The molecule has 1 amide bonds. The van der Waals surface area contributed by atoms with Crippen LogP contribution < -0.4 is 5.32 Å². The van der Waals surface area contributed by atoms with Crippen LogP contribution in [0.3, 0.4) is 0 Å². The Labute approximate surface area is 160 Å². The highest BCUT2D eigenvalue weighted by molar-refractivity contribution is 6.07. The molecule has 0 bridgehead atoms. The molecule has 0 saturated heterocycles. The molecule has 0 aliphatic carbocycles. The van der Waals surface area contributed by atoms with Gasteiger partial charge in [-0.3, -0.25) is 4.79 Å². The zero-order chi connectivity index (χ0) is 19.7. The van der Waals surface area contributed by atoms with E-state index in [-0.39, 0.29) is 18.3 Å². The maximum absolute atomic E-state index is 13.8. The Bertz CT molecular complexity index is 1170. The van der Waals surface area contributed by atoms with Gasteiger partial charge in [-0.15, -0.1) is 0 Å². The summed E-state index contributed by atoms with van der Waals surface area (Å²) >= 11 is 0. The van der Waals surface area contributed by atoms with Crippen molar-refractivity contribution >= 4 is 16.8 Å². The van der Waals surface area contributed by atoms with Gasteiger partial charge in [0.15, 0.2) is 0 Å². The van der Waals surface area contributed by atoms with Gasteiger partial charge >= 0.3 is 0 Å². The second kappa shape index (κ2) is 7.23. The van der Waals surface area contributed by atoms with Gasteiger partial charge in [0.25, 0.3) is 5.91 Å². The lowest BCUT2D eigenvalue weighted by Gasteiger charge is -2.11. The molecule has 0 atom stereocenters. The van der Waals surface area contributed by atoms with Crippen LogP contribution in [0, 0.1) is 11.6 Å². The van der Waals surface area contributed by atoms with E-state index in [0.29, 0.717) is 22.2 Å². The van der Waals surface area contributed by atoms with Gasteiger partial charge in [-0.2, -0.15) is 0 Å². The molecule has 0 radical (unpaired) electrons. The number of carbonyl (C=O) groups excluding carboxylic acids is 1. The first-order chi connectivity index (χ1) is 13.5. The minimum Gasteiger partial charge on any atom is -0.349 e. The lowest BCUT2D eigenvalue weighted by atomic mass is 10.1. The van der Waals surface area contributed by atoms with Gasteiger partial charge in [0.05, 0.1) is 22.5 Å². The van der Waals surface area contributed by atoms with Crippen LogP contribution in [0.15, 0.2) is 66.9 Å². The highest BCUT2D eigenvalue weighted by Crippen LogP contribution is 2.25. The third-order valence-corrected chi connectivity index (χ3v) is 4.59. The summed E-state index contributed by atoms with van der Waals surface area (Å²) in [5, 5.41) is 3.25. The van der Waals surface area contributed by atoms with Crippen molar-refractivity contribution in [2.75, 3.05) is 0 Å². The number of nitrogens with one attached hydrogen (secondary N) is 1. The van der Waals surface area contributed by atoms with Crippen molar-refractivity contribution in [3.8, 4) is 11.4 Å². The van der Waals surface area contributed by atoms with Gasteiger partial charge in [0.1, 0.15) is 11.6 Å². The molecule has 0 aliphatic rings. The molecule has 2 aromatic heterocycles. The predicted octanol–water partition coefficient (Wildman–Crippen LogP) is 4.45. The van der Waals surface area contributed by atoms with E-state index in [0.717, 1.165) is 11.3 Å². The number of pyridine rings is 1. The first kappa shape index (κ1) is 17.9. The van der Waals surface area contributed by atoms with Gasteiger partial charge in [0.2, 0.25) is 0 Å². The fourth-order valence-electron chi connectivity index (χ4n) is 3.12. The molecule has 0 aliphatic heterocycles. The quantitative estimate of drug-likeness (QED) is 0.571. The third-order valence-electron chi connectivity index (χ3n) is 4.59. The van der Waals surface area contributed by atoms with E-state index in [1.54, 1.807) is 24.3 Å². The summed E-state index contributed by atoms with van der Waals surface area (Å²) in [6, 6.07) is 15.5. The SMILES string of the molecule is Cn1cccc1-c1cc(C(=O)NCc2ccc(F)cc2)c2cc(F)ccc2n1. The number of halogens is 2. The summed E-state index contributed by atoms with van der Waals surface area (Å²) in [5.41, 5.74) is 3.11. The van der Waals surface area contributed by atoms with E-state index in [9.17, 15) is 13.6 Å². The van der Waals surface area contributed by atoms with E-state index < -0.39 is 5.82 Å². The summed E-state index contributed by atoms with van der Waals surface area (Å²) in [6.07, 6.45) is 1.89. The summed E-state index contributed by atoms with van der Waals surface area (Å²) in [4.78, 5) is 17.5. The van der Waals surface area contributed by atoms with Crippen molar-refractivity contribution in [3.05, 3.63) is 89.6 Å². The number of hydrogen-bond donors (Lipinski definition) is 1. The zero-order valence-electron chi connectivity index (χ0n) is 15.1. The second-order valence-electron chi connectivity index (χ2n) is 6.53. The lowest BCUT2D eigenvalue weighted by Crippen LogP contribution is -2.23. The largest absolute Gasteiger partial charge is 0.349 e. The normalized spacial score (nSPS) is 11.0. The first-order valence-electron chi connectivity index (χ1n) is 8.76. The van der Waals surface area contributed by atoms with Crippen LogP contribution in [0.2, 0.25) is 0 Å². The summed E-state index contributed by atoms with van der Waals surface area (Å²) in [6.45, 7) is 0.234. The Morgan fingerprint density at radius 2 is 1.79 bits per heavy atom. The van der Waals surface area contributed by atoms with Gasteiger partial charge in [-0.1, -0.05) is 12.1 Å². The number of aromatic nitrogens is 2. The number of aryl methyl sites for hydroxylation is 1. The van der Waals surface area contributed by atoms with Crippen LogP contribution in [0.4, 0.5) is 8.78 Å². The predicted molar refractivity (Wildman–Crippen MR) is 104 cm³/mol. The number of fused-ring (bicyclic) bond motifs is 1. The second-order valence-corrected chi connectivity index (χ2v) is 6.53. The topological polar surface area (TPSA) is 46.9 Å². The smallest absolute Gasteiger partial charge is 0.252 e. The minimum atomic E-state index is -0.437. The summed E-state index contributed by atoms with van der Waals surface area (Å²) in [7, 11) is 1.89. The van der Waals surface area contributed by atoms with Gasteiger partial charge in [-0.25, -0.2) is 13.8 Å². The van der Waals surface area contributed by atoms with Crippen LogP contribution in [-0.2, 0) is 13.6 Å². The molecular formula is C22H17F2N3O. The van der Waals surface area contributed by atoms with Crippen molar-refractivity contribution in [2.24, 2.45) is 7.05 Å². The number of nitrogens with zero attached hydrogens (tertiary/aromatic N) is 2. The average molecular weight is 377 g/mol. The highest BCUT2D eigenvalue weighted by Gasteiger charge is 2.15. The third kappa shape index (κ3) is 3.49. The fourth-order valence-corrected chi connectivity index (χ4v) is 3.12. The van der Waals surface area contributed by atoms with E-state index in [2.05, 4.69) is 10.3 Å². The van der Waals surface area contributed by atoms with E-state index >= 15 is 0 Å². The number of carbonyl (C=O) groups is 1. The van der Waals surface area contributed by atoms with E-state index in [1.165, 1.54) is 24.3 Å². The van der Waals surface area contributed by atoms with E-state index in [4.69, 9.17) is 0 Å². The standard InChI is InChI=1S/C22H17F2N3O/c1-27-10-2-3-21(27)20-12-18(17-11-16(24)8-9-19(17)26-20)22(28)25-13-14-4-6-15(23)7-5-14/h2-12H,13H2,1H3,(H,25,28). The summed E-state index contributed by atoms with van der Waals surface area (Å²) < 4.78 is 28.8. The highest BCUT2D eigenvalue weighted by atomic mass is 19.1. The van der Waals surface area contributed by atoms with Crippen molar-refractivity contribution in [3.63, 3.8) is 0 Å². The molecule has 1 N–H and O–H groups in total.